The molecule has 5 rings (SSSR count). The summed E-state index contributed by atoms with van der Waals surface area (Å²) in [6.07, 6.45) is 1.66. The minimum Gasteiger partial charge on any atom is -0.441 e. The molecule has 26 heavy (non-hydrogen) atoms. The van der Waals surface area contributed by atoms with Crippen molar-refractivity contribution in [2.45, 2.75) is 39.0 Å². The molecule has 1 atom stereocenters. The van der Waals surface area contributed by atoms with E-state index in [-0.39, 0.29) is 5.91 Å². The van der Waals surface area contributed by atoms with Crippen LogP contribution >= 0.6 is 0 Å². The van der Waals surface area contributed by atoms with Crippen LogP contribution < -0.4 is 0 Å². The van der Waals surface area contributed by atoms with E-state index in [0.29, 0.717) is 42.6 Å². The zero-order chi connectivity index (χ0) is 17.8. The first-order chi connectivity index (χ1) is 12.6. The van der Waals surface area contributed by atoms with E-state index in [1.165, 1.54) is 0 Å². The van der Waals surface area contributed by atoms with Gasteiger partial charge in [0.05, 0.1) is 24.5 Å². The molecule has 1 saturated carbocycles. The SMILES string of the molecule is Cc1nc2ccc(C(=O)N3CCn4nc([C@@H](O)C5CC5)cc4C3)cc2o1. The van der Waals surface area contributed by atoms with Crippen molar-refractivity contribution in [3.8, 4) is 0 Å². The Morgan fingerprint density at radius 2 is 2.15 bits per heavy atom. The third kappa shape index (κ3) is 2.59. The molecule has 0 unspecified atom stereocenters. The van der Waals surface area contributed by atoms with Gasteiger partial charge in [0.1, 0.15) is 11.6 Å². The summed E-state index contributed by atoms with van der Waals surface area (Å²) in [7, 11) is 0. The number of aromatic nitrogens is 3. The second-order valence-electron chi connectivity index (χ2n) is 7.21. The van der Waals surface area contributed by atoms with Crippen molar-refractivity contribution in [2.75, 3.05) is 6.54 Å². The van der Waals surface area contributed by atoms with Crippen LogP contribution in [0.15, 0.2) is 28.7 Å². The normalized spacial score (nSPS) is 18.2. The molecule has 1 fully saturated rings. The standard InChI is InChI=1S/C19H20N4O3/c1-11-20-15-5-4-13(8-17(15)26-11)19(25)22-6-7-23-14(10-22)9-16(21-23)18(24)12-2-3-12/h4-5,8-9,12,18,24H,2-3,6-7,10H2,1H3/t18-/m0/s1. The first-order valence-corrected chi connectivity index (χ1v) is 8.99. The Balaban J connectivity index is 1.38. The molecule has 0 radical (unpaired) electrons. The number of hydrogen-bond acceptors (Lipinski definition) is 5. The summed E-state index contributed by atoms with van der Waals surface area (Å²) < 4.78 is 7.45. The molecule has 7 nitrogen and oxygen atoms in total. The van der Waals surface area contributed by atoms with Gasteiger partial charge < -0.3 is 14.4 Å². The Morgan fingerprint density at radius 1 is 1.31 bits per heavy atom. The van der Waals surface area contributed by atoms with Crippen LogP contribution in [0.1, 0.15) is 46.6 Å². The van der Waals surface area contributed by atoms with Gasteiger partial charge in [-0.3, -0.25) is 9.48 Å². The zero-order valence-corrected chi connectivity index (χ0v) is 14.6. The van der Waals surface area contributed by atoms with Crippen molar-refractivity contribution in [1.82, 2.24) is 19.7 Å². The van der Waals surface area contributed by atoms with E-state index in [0.717, 1.165) is 29.7 Å². The number of rotatable bonds is 3. The summed E-state index contributed by atoms with van der Waals surface area (Å²) in [6, 6.07) is 7.30. The molecule has 7 heteroatoms. The maximum atomic E-state index is 12.9. The first kappa shape index (κ1) is 15.6. The fourth-order valence-electron chi connectivity index (χ4n) is 3.62. The maximum Gasteiger partial charge on any atom is 0.254 e. The van der Waals surface area contributed by atoms with Crippen LogP contribution in [0, 0.1) is 12.8 Å². The van der Waals surface area contributed by atoms with Gasteiger partial charge in [0.2, 0.25) is 0 Å². The highest BCUT2D eigenvalue weighted by Gasteiger charge is 2.33. The highest BCUT2D eigenvalue weighted by Crippen LogP contribution is 2.40. The van der Waals surface area contributed by atoms with E-state index < -0.39 is 6.10 Å². The number of carbonyl (C=O) groups excluding carboxylic acids is 1. The molecule has 1 aliphatic heterocycles. The summed E-state index contributed by atoms with van der Waals surface area (Å²) in [6.45, 7) is 3.53. The number of aryl methyl sites for hydroxylation is 1. The van der Waals surface area contributed by atoms with Crippen LogP contribution in [-0.2, 0) is 13.1 Å². The van der Waals surface area contributed by atoms with Gasteiger partial charge in [0.25, 0.3) is 5.91 Å². The minimum atomic E-state index is -0.477. The van der Waals surface area contributed by atoms with Crippen molar-refractivity contribution < 1.29 is 14.3 Å². The Morgan fingerprint density at radius 3 is 2.96 bits per heavy atom. The highest BCUT2D eigenvalue weighted by atomic mass is 16.3. The van der Waals surface area contributed by atoms with Crippen molar-refractivity contribution in [1.29, 1.82) is 0 Å². The number of fused-ring (bicyclic) bond motifs is 2. The summed E-state index contributed by atoms with van der Waals surface area (Å²) in [5, 5.41) is 14.8. The minimum absolute atomic E-state index is 0.0299. The quantitative estimate of drug-likeness (QED) is 0.783. The number of aliphatic hydroxyl groups is 1. The van der Waals surface area contributed by atoms with Gasteiger partial charge >= 0.3 is 0 Å². The number of nitrogens with zero attached hydrogens (tertiary/aromatic N) is 4. The third-order valence-corrected chi connectivity index (χ3v) is 5.22. The Labute approximate surface area is 150 Å². The molecule has 3 heterocycles. The maximum absolute atomic E-state index is 12.9. The van der Waals surface area contributed by atoms with E-state index in [9.17, 15) is 9.90 Å². The summed E-state index contributed by atoms with van der Waals surface area (Å²) in [4.78, 5) is 19.0. The number of benzene rings is 1. The molecule has 1 N–H and O–H groups in total. The van der Waals surface area contributed by atoms with E-state index in [1.54, 1.807) is 19.1 Å². The molecular formula is C19H20N4O3. The van der Waals surface area contributed by atoms with Gasteiger partial charge in [0, 0.05) is 19.0 Å². The second-order valence-corrected chi connectivity index (χ2v) is 7.21. The predicted molar refractivity (Wildman–Crippen MR) is 93.4 cm³/mol. The highest BCUT2D eigenvalue weighted by molar-refractivity contribution is 5.97. The number of aliphatic hydroxyl groups excluding tert-OH is 1. The second kappa shape index (κ2) is 5.67. The van der Waals surface area contributed by atoms with E-state index in [2.05, 4.69) is 10.1 Å². The number of hydrogen-bond donors (Lipinski definition) is 1. The predicted octanol–water partition coefficient (Wildman–Crippen LogP) is 2.43. The number of oxazole rings is 1. The molecule has 2 aromatic heterocycles. The van der Waals surface area contributed by atoms with Gasteiger partial charge in [-0.15, -0.1) is 0 Å². The van der Waals surface area contributed by atoms with Crippen molar-refractivity contribution in [2.24, 2.45) is 5.92 Å². The molecule has 0 spiro atoms. The van der Waals surface area contributed by atoms with E-state index in [4.69, 9.17) is 4.42 Å². The zero-order valence-electron chi connectivity index (χ0n) is 14.6. The van der Waals surface area contributed by atoms with Crippen LogP contribution in [0.4, 0.5) is 0 Å². The number of amides is 1. The lowest BCUT2D eigenvalue weighted by molar-refractivity contribution is 0.0705. The van der Waals surface area contributed by atoms with Crippen molar-refractivity contribution in [3.63, 3.8) is 0 Å². The first-order valence-electron chi connectivity index (χ1n) is 8.99. The summed E-state index contributed by atoms with van der Waals surface area (Å²) >= 11 is 0. The van der Waals surface area contributed by atoms with Crippen LogP contribution in [0.25, 0.3) is 11.1 Å². The number of carbonyl (C=O) groups is 1. The average molecular weight is 352 g/mol. The largest absolute Gasteiger partial charge is 0.441 e. The van der Waals surface area contributed by atoms with Crippen molar-refractivity contribution in [3.05, 3.63) is 47.1 Å². The summed E-state index contributed by atoms with van der Waals surface area (Å²) in [5.74, 6) is 0.910. The molecule has 0 saturated heterocycles. The lowest BCUT2D eigenvalue weighted by Gasteiger charge is -2.27. The van der Waals surface area contributed by atoms with Crippen LogP contribution in [0.2, 0.25) is 0 Å². The van der Waals surface area contributed by atoms with Crippen molar-refractivity contribution >= 4 is 17.0 Å². The van der Waals surface area contributed by atoms with Gasteiger partial charge in [-0.05, 0) is 43.0 Å². The molecular weight excluding hydrogens is 332 g/mol. The van der Waals surface area contributed by atoms with Crippen LogP contribution in [-0.4, -0.2) is 37.2 Å². The lowest BCUT2D eigenvalue weighted by Crippen LogP contribution is -2.38. The smallest absolute Gasteiger partial charge is 0.254 e. The molecule has 3 aromatic rings. The molecule has 1 aliphatic carbocycles. The fourth-order valence-corrected chi connectivity index (χ4v) is 3.62. The molecule has 1 aromatic carbocycles. The molecule has 134 valence electrons. The van der Waals surface area contributed by atoms with Gasteiger partial charge in [0.15, 0.2) is 11.5 Å². The summed E-state index contributed by atoms with van der Waals surface area (Å²) in [5.41, 5.74) is 3.69. The molecule has 2 aliphatic rings. The topological polar surface area (TPSA) is 84.4 Å². The van der Waals surface area contributed by atoms with Gasteiger partial charge in [-0.25, -0.2) is 4.98 Å². The van der Waals surface area contributed by atoms with Gasteiger partial charge in [-0.1, -0.05) is 0 Å². The van der Waals surface area contributed by atoms with Crippen LogP contribution in [0.5, 0.6) is 0 Å². The average Bonchev–Trinajstić information content (AvgIpc) is 3.29. The van der Waals surface area contributed by atoms with Crippen LogP contribution in [0.3, 0.4) is 0 Å². The fraction of sp³-hybridized carbons (Fsp3) is 0.421. The monoisotopic (exact) mass is 352 g/mol. The lowest BCUT2D eigenvalue weighted by atomic mass is 10.1. The Hall–Kier alpha value is -2.67. The van der Waals surface area contributed by atoms with E-state index >= 15 is 0 Å². The Bertz CT molecular complexity index is 1000. The molecule has 1 amide bonds. The molecule has 0 bridgehead atoms. The van der Waals surface area contributed by atoms with E-state index in [1.807, 2.05) is 21.7 Å². The third-order valence-electron chi connectivity index (χ3n) is 5.22. The van der Waals surface area contributed by atoms with Gasteiger partial charge in [-0.2, -0.15) is 5.10 Å². The Kier molecular flexibility index (Phi) is 3.40.